The number of carbonyl (C=O) groups is 3. The summed E-state index contributed by atoms with van der Waals surface area (Å²) < 4.78 is 6.37. The summed E-state index contributed by atoms with van der Waals surface area (Å²) in [5.41, 5.74) is 0.514. The lowest BCUT2D eigenvalue weighted by molar-refractivity contribution is -0.143. The van der Waals surface area contributed by atoms with E-state index >= 15 is 0 Å². The van der Waals surface area contributed by atoms with Gasteiger partial charge in [0.15, 0.2) is 0 Å². The molecule has 0 aliphatic carbocycles. The molecule has 2 amide bonds. The van der Waals surface area contributed by atoms with Crippen LogP contribution in [0.4, 0.5) is 0 Å². The van der Waals surface area contributed by atoms with Crippen LogP contribution in [0.1, 0.15) is 32.4 Å². The van der Waals surface area contributed by atoms with Gasteiger partial charge in [-0.25, -0.2) is 0 Å². The Balaban J connectivity index is 1.89. The second kappa shape index (κ2) is 7.85. The van der Waals surface area contributed by atoms with Crippen LogP contribution in [-0.2, 0) is 32.2 Å². The van der Waals surface area contributed by atoms with Gasteiger partial charge in [-0.15, -0.1) is 5.10 Å². The van der Waals surface area contributed by atoms with Crippen molar-refractivity contribution in [2.45, 2.75) is 39.8 Å². The molecule has 1 aromatic heterocycles. The van der Waals surface area contributed by atoms with Crippen molar-refractivity contribution in [2.24, 2.45) is 11.8 Å². The van der Waals surface area contributed by atoms with E-state index in [9.17, 15) is 14.4 Å². The highest BCUT2D eigenvalue weighted by Gasteiger charge is 2.40. The number of hydrogen-bond acceptors (Lipinski definition) is 6. The molecule has 0 bridgehead atoms. The Morgan fingerprint density at radius 2 is 2.25 bits per heavy atom. The molecular formula is C16H22N4O4. The maximum absolute atomic E-state index is 12.3. The van der Waals surface area contributed by atoms with E-state index < -0.39 is 0 Å². The van der Waals surface area contributed by atoms with Gasteiger partial charge in [0.2, 0.25) is 11.8 Å². The molecule has 1 aromatic rings. The zero-order chi connectivity index (χ0) is 17.7. The lowest BCUT2D eigenvalue weighted by Gasteiger charge is -2.14. The predicted octanol–water partition coefficient (Wildman–Crippen LogP) is 0.928. The van der Waals surface area contributed by atoms with Gasteiger partial charge >= 0.3 is 5.97 Å². The van der Waals surface area contributed by atoms with Crippen LogP contribution in [0.15, 0.2) is 18.9 Å². The third-order valence-electron chi connectivity index (χ3n) is 3.90. The van der Waals surface area contributed by atoms with Crippen molar-refractivity contribution < 1.29 is 19.1 Å². The topological polar surface area (TPSA) is 94.4 Å². The van der Waals surface area contributed by atoms with Crippen LogP contribution < -0.4 is 0 Å². The van der Waals surface area contributed by atoms with Crippen LogP contribution in [0, 0.1) is 11.8 Å². The number of amides is 2. The number of nitrogens with zero attached hydrogens (tertiary/aromatic N) is 4. The van der Waals surface area contributed by atoms with Gasteiger partial charge < -0.3 is 4.74 Å². The third kappa shape index (κ3) is 4.27. The molecule has 130 valence electrons. The van der Waals surface area contributed by atoms with Crippen molar-refractivity contribution in [1.82, 2.24) is 19.9 Å². The summed E-state index contributed by atoms with van der Waals surface area (Å²) in [6, 6.07) is 0. The second-order valence-electron chi connectivity index (χ2n) is 6.07. The molecule has 0 saturated carbocycles. The number of ether oxygens (including phenoxy) is 1. The molecule has 8 heteroatoms. The number of aryl methyl sites for hydroxylation is 1. The van der Waals surface area contributed by atoms with Gasteiger partial charge in [0, 0.05) is 12.3 Å². The van der Waals surface area contributed by atoms with Crippen LogP contribution in [0.25, 0.3) is 0 Å². The monoisotopic (exact) mass is 334 g/mol. The number of esters is 1. The number of carbonyl (C=O) groups excluding carboxylic acids is 3. The van der Waals surface area contributed by atoms with E-state index in [4.69, 9.17) is 4.74 Å². The van der Waals surface area contributed by atoms with Crippen LogP contribution in [0.3, 0.4) is 0 Å². The predicted molar refractivity (Wildman–Crippen MR) is 84.3 cm³/mol. The molecule has 2 heterocycles. The average molecular weight is 334 g/mol. The van der Waals surface area contributed by atoms with Crippen molar-refractivity contribution in [2.75, 3.05) is 6.61 Å². The van der Waals surface area contributed by atoms with Crippen LogP contribution >= 0.6 is 0 Å². The van der Waals surface area contributed by atoms with E-state index in [0.29, 0.717) is 12.2 Å². The Morgan fingerprint density at radius 1 is 1.50 bits per heavy atom. The van der Waals surface area contributed by atoms with E-state index in [1.807, 2.05) is 13.8 Å². The third-order valence-corrected chi connectivity index (χ3v) is 3.90. The first kappa shape index (κ1) is 17.8. The highest BCUT2D eigenvalue weighted by molar-refractivity contribution is 6.03. The van der Waals surface area contributed by atoms with Crippen molar-refractivity contribution in [1.29, 1.82) is 0 Å². The van der Waals surface area contributed by atoms with Gasteiger partial charge in [0.1, 0.15) is 12.3 Å². The minimum absolute atomic E-state index is 0.113. The molecule has 2 rings (SSSR count). The van der Waals surface area contributed by atoms with Gasteiger partial charge in [-0.1, -0.05) is 31.7 Å². The average Bonchev–Trinajstić information content (AvgIpc) is 3.10. The first-order valence-electron chi connectivity index (χ1n) is 7.92. The minimum Gasteiger partial charge on any atom is -0.461 e. The van der Waals surface area contributed by atoms with Gasteiger partial charge in [-0.3, -0.25) is 24.0 Å². The van der Waals surface area contributed by atoms with Crippen LogP contribution in [0.5, 0.6) is 0 Å². The first-order chi connectivity index (χ1) is 11.4. The van der Waals surface area contributed by atoms with Gasteiger partial charge in [0.05, 0.1) is 25.7 Å². The summed E-state index contributed by atoms with van der Waals surface area (Å²) in [6.07, 6.45) is 3.54. The number of rotatable bonds is 8. The Hall–Kier alpha value is -2.51. The van der Waals surface area contributed by atoms with Gasteiger partial charge in [-0.05, 0) is 5.92 Å². The van der Waals surface area contributed by atoms with E-state index in [-0.39, 0.29) is 55.6 Å². The highest BCUT2D eigenvalue weighted by Crippen LogP contribution is 2.27. The smallest absolute Gasteiger partial charge is 0.307 e. The summed E-state index contributed by atoms with van der Waals surface area (Å²) in [7, 11) is 0. The number of hydrogen-bond donors (Lipinski definition) is 0. The Labute approximate surface area is 140 Å². The fourth-order valence-corrected chi connectivity index (χ4v) is 2.51. The lowest BCUT2D eigenvalue weighted by atomic mass is 9.94. The summed E-state index contributed by atoms with van der Waals surface area (Å²) in [5.74, 6) is -0.814. The Bertz CT molecular complexity index is 638. The first-order valence-corrected chi connectivity index (χ1v) is 7.92. The van der Waals surface area contributed by atoms with Crippen molar-refractivity contribution in [3.05, 3.63) is 24.5 Å². The van der Waals surface area contributed by atoms with Crippen molar-refractivity contribution in [3.8, 4) is 0 Å². The van der Waals surface area contributed by atoms with Crippen molar-refractivity contribution in [3.63, 3.8) is 0 Å². The van der Waals surface area contributed by atoms with Crippen LogP contribution in [0.2, 0.25) is 0 Å². The molecule has 0 N–H and O–H groups in total. The fraction of sp³-hybridized carbons (Fsp3) is 0.562. The summed E-state index contributed by atoms with van der Waals surface area (Å²) in [5, 5.41) is 7.86. The molecular weight excluding hydrogens is 312 g/mol. The molecule has 8 nitrogen and oxygen atoms in total. The van der Waals surface area contributed by atoms with E-state index in [1.165, 1.54) is 15.7 Å². The standard InChI is InChI=1S/C16H22N4O4/c1-4-7-24-15(22)5-6-19-9-12(17-18-19)10-20-14(21)8-13(11(2)3)16(20)23/h4,9,11,13H,1,5-8,10H2,2-3H3. The summed E-state index contributed by atoms with van der Waals surface area (Å²) in [6.45, 7) is 7.94. The largest absolute Gasteiger partial charge is 0.461 e. The molecule has 1 saturated heterocycles. The van der Waals surface area contributed by atoms with E-state index in [2.05, 4.69) is 16.9 Å². The maximum atomic E-state index is 12.3. The Morgan fingerprint density at radius 3 is 2.88 bits per heavy atom. The zero-order valence-corrected chi connectivity index (χ0v) is 14.0. The van der Waals surface area contributed by atoms with E-state index in [1.54, 1.807) is 6.20 Å². The van der Waals surface area contributed by atoms with Gasteiger partial charge in [0.25, 0.3) is 0 Å². The zero-order valence-electron chi connectivity index (χ0n) is 14.0. The van der Waals surface area contributed by atoms with Crippen LogP contribution in [-0.4, -0.2) is 44.3 Å². The van der Waals surface area contributed by atoms with Gasteiger partial charge in [-0.2, -0.15) is 0 Å². The molecule has 0 radical (unpaired) electrons. The molecule has 1 atom stereocenters. The highest BCUT2D eigenvalue weighted by atomic mass is 16.5. The normalized spacial score (nSPS) is 17.6. The second-order valence-corrected chi connectivity index (χ2v) is 6.07. The SMILES string of the molecule is C=CCOC(=O)CCn1cc(CN2C(=O)CC(C(C)C)C2=O)nn1. The molecule has 24 heavy (non-hydrogen) atoms. The number of likely N-dealkylation sites (tertiary alicyclic amines) is 1. The molecule has 1 aliphatic rings. The number of imide groups is 1. The summed E-state index contributed by atoms with van der Waals surface area (Å²) in [4.78, 5) is 36.9. The lowest BCUT2D eigenvalue weighted by Crippen LogP contribution is -2.31. The number of aromatic nitrogens is 3. The molecule has 1 aliphatic heterocycles. The molecule has 0 aromatic carbocycles. The maximum Gasteiger partial charge on any atom is 0.307 e. The van der Waals surface area contributed by atoms with E-state index in [0.717, 1.165) is 0 Å². The Kier molecular flexibility index (Phi) is 5.83. The molecule has 0 spiro atoms. The van der Waals surface area contributed by atoms with Crippen molar-refractivity contribution >= 4 is 17.8 Å². The molecule has 1 fully saturated rings. The quantitative estimate of drug-likeness (QED) is 0.399. The summed E-state index contributed by atoms with van der Waals surface area (Å²) >= 11 is 0. The molecule has 1 unspecified atom stereocenters. The minimum atomic E-state index is -0.350. The fourth-order valence-electron chi connectivity index (χ4n) is 2.51.